The van der Waals surface area contributed by atoms with Crippen molar-refractivity contribution in [1.82, 2.24) is 9.80 Å². The Hall–Kier alpha value is -2.30. The highest BCUT2D eigenvalue weighted by Gasteiger charge is 2.28. The Morgan fingerprint density at radius 1 is 1.25 bits per heavy atom. The first-order valence-electron chi connectivity index (χ1n) is 9.79. The largest absolute Gasteiger partial charge is 0.494 e. The van der Waals surface area contributed by atoms with Crippen LogP contribution in [0.1, 0.15) is 31.7 Å². The van der Waals surface area contributed by atoms with Gasteiger partial charge in [0.1, 0.15) is 5.75 Å². The lowest BCUT2D eigenvalue weighted by molar-refractivity contribution is -0.113. The van der Waals surface area contributed by atoms with Gasteiger partial charge in [0.2, 0.25) is 0 Å². The second-order valence-corrected chi connectivity index (χ2v) is 7.83. The van der Waals surface area contributed by atoms with Crippen LogP contribution in [0.4, 0.5) is 0 Å². The second-order valence-electron chi connectivity index (χ2n) is 6.82. The number of ether oxygens (including phenoxy) is 1. The minimum absolute atomic E-state index is 0.171. The summed E-state index contributed by atoms with van der Waals surface area (Å²) in [4.78, 5) is 21.6. The van der Waals surface area contributed by atoms with Crippen LogP contribution in [-0.2, 0) is 4.79 Å². The fourth-order valence-corrected chi connectivity index (χ4v) is 4.02. The van der Waals surface area contributed by atoms with Crippen LogP contribution in [0.2, 0.25) is 0 Å². The Morgan fingerprint density at radius 3 is 2.68 bits per heavy atom. The number of nitrogens with zero attached hydrogens (tertiary/aromatic N) is 4. The van der Waals surface area contributed by atoms with Crippen LogP contribution in [0, 0.1) is 11.3 Å². The monoisotopic (exact) mass is 398 g/mol. The van der Waals surface area contributed by atoms with E-state index in [0.29, 0.717) is 11.3 Å². The molecule has 1 amide bonds. The standard InChI is InChI=1S/C21H26N4O2S/c1-2-3-15-27-18-7-5-17(6-8-18)16-19-20(26)23-21(28-19)25-13-11-24(12-14-25)10-4-9-22/h5-8,16H,2-4,10-15H2,1H3. The maximum Gasteiger partial charge on any atom is 0.286 e. The van der Waals surface area contributed by atoms with Crippen molar-refractivity contribution in [2.75, 3.05) is 39.3 Å². The quantitative estimate of drug-likeness (QED) is 0.518. The molecule has 2 aliphatic rings. The highest BCUT2D eigenvalue weighted by Crippen LogP contribution is 2.31. The molecule has 1 fully saturated rings. The van der Waals surface area contributed by atoms with Gasteiger partial charge in [0, 0.05) is 39.1 Å². The number of carbonyl (C=O) groups is 1. The zero-order valence-electron chi connectivity index (χ0n) is 16.3. The first kappa shape index (κ1) is 20.4. The molecule has 1 aromatic rings. The number of nitriles is 1. The van der Waals surface area contributed by atoms with E-state index in [2.05, 4.69) is 27.8 Å². The summed E-state index contributed by atoms with van der Waals surface area (Å²) in [6.45, 7) is 7.14. The van der Waals surface area contributed by atoms with Crippen LogP contribution in [0.5, 0.6) is 5.75 Å². The molecule has 0 aliphatic carbocycles. The van der Waals surface area contributed by atoms with Gasteiger partial charge in [-0.1, -0.05) is 25.5 Å². The molecule has 0 saturated carbocycles. The van der Waals surface area contributed by atoms with E-state index >= 15 is 0 Å². The summed E-state index contributed by atoms with van der Waals surface area (Å²) in [5, 5.41) is 9.49. The zero-order valence-corrected chi connectivity index (χ0v) is 17.1. The number of carbonyl (C=O) groups excluding carboxylic acids is 1. The number of hydrogen-bond acceptors (Lipinski definition) is 6. The average Bonchev–Trinajstić information content (AvgIpc) is 3.08. The Balaban J connectivity index is 1.53. The van der Waals surface area contributed by atoms with Gasteiger partial charge in [-0.2, -0.15) is 10.3 Å². The molecule has 1 saturated heterocycles. The number of amidine groups is 1. The summed E-state index contributed by atoms with van der Waals surface area (Å²) in [6, 6.07) is 10.00. The third-order valence-electron chi connectivity index (χ3n) is 4.74. The Kier molecular flexibility index (Phi) is 7.52. The molecule has 6 nitrogen and oxygen atoms in total. The van der Waals surface area contributed by atoms with Gasteiger partial charge in [-0.3, -0.25) is 9.69 Å². The molecule has 7 heteroatoms. The number of benzene rings is 1. The molecule has 3 rings (SSSR count). The fourth-order valence-electron chi connectivity index (χ4n) is 3.05. The van der Waals surface area contributed by atoms with Crippen molar-refractivity contribution in [2.45, 2.75) is 26.2 Å². The normalized spacial score (nSPS) is 19.0. The van der Waals surface area contributed by atoms with Gasteiger partial charge in [-0.15, -0.1) is 0 Å². The summed E-state index contributed by atoms with van der Waals surface area (Å²) in [5.41, 5.74) is 0.969. The SMILES string of the molecule is CCCCOc1ccc(C=C2SC(N3CCN(CCC#N)CC3)=NC2=O)cc1. The van der Waals surface area contributed by atoms with Gasteiger partial charge in [0.25, 0.3) is 5.91 Å². The highest BCUT2D eigenvalue weighted by molar-refractivity contribution is 8.18. The lowest BCUT2D eigenvalue weighted by Gasteiger charge is -2.34. The van der Waals surface area contributed by atoms with E-state index in [1.807, 2.05) is 30.3 Å². The second kappa shape index (κ2) is 10.3. The van der Waals surface area contributed by atoms with E-state index in [0.717, 1.165) is 68.7 Å². The number of aliphatic imine (C=N–C) groups is 1. The number of hydrogen-bond donors (Lipinski definition) is 0. The molecule has 0 N–H and O–H groups in total. The molecule has 0 radical (unpaired) electrons. The van der Waals surface area contributed by atoms with E-state index in [-0.39, 0.29) is 5.91 Å². The lowest BCUT2D eigenvalue weighted by atomic mass is 10.2. The molecule has 0 bridgehead atoms. The van der Waals surface area contributed by atoms with Crippen molar-refractivity contribution in [1.29, 1.82) is 5.26 Å². The molecule has 2 aliphatic heterocycles. The Bertz CT molecular complexity index is 775. The minimum atomic E-state index is -0.171. The van der Waals surface area contributed by atoms with Crippen LogP contribution in [0.3, 0.4) is 0 Å². The van der Waals surface area contributed by atoms with Crippen LogP contribution < -0.4 is 4.74 Å². The highest BCUT2D eigenvalue weighted by atomic mass is 32.2. The molecule has 148 valence electrons. The molecule has 0 atom stereocenters. The van der Waals surface area contributed by atoms with Gasteiger partial charge in [0.15, 0.2) is 5.17 Å². The van der Waals surface area contributed by atoms with Crippen LogP contribution in [0.15, 0.2) is 34.2 Å². The summed E-state index contributed by atoms with van der Waals surface area (Å²) >= 11 is 1.45. The Morgan fingerprint density at radius 2 is 2.00 bits per heavy atom. The van der Waals surface area contributed by atoms with Gasteiger partial charge >= 0.3 is 0 Å². The summed E-state index contributed by atoms with van der Waals surface area (Å²) < 4.78 is 5.68. The molecule has 2 heterocycles. The third kappa shape index (κ3) is 5.60. The first-order chi connectivity index (χ1) is 13.7. The van der Waals surface area contributed by atoms with E-state index < -0.39 is 0 Å². The smallest absolute Gasteiger partial charge is 0.286 e. The maximum absolute atomic E-state index is 12.3. The molecular weight excluding hydrogens is 372 g/mol. The van der Waals surface area contributed by atoms with Crippen LogP contribution in [0.25, 0.3) is 6.08 Å². The van der Waals surface area contributed by atoms with Crippen molar-refractivity contribution in [3.63, 3.8) is 0 Å². The van der Waals surface area contributed by atoms with Gasteiger partial charge in [0.05, 0.1) is 17.6 Å². The molecule has 0 aromatic heterocycles. The number of rotatable bonds is 7. The minimum Gasteiger partial charge on any atom is -0.494 e. The number of piperazine rings is 1. The molecule has 0 unspecified atom stereocenters. The van der Waals surface area contributed by atoms with Crippen molar-refractivity contribution in [3.05, 3.63) is 34.7 Å². The topological polar surface area (TPSA) is 68.9 Å². The zero-order chi connectivity index (χ0) is 19.8. The van der Waals surface area contributed by atoms with Crippen molar-refractivity contribution in [2.24, 2.45) is 4.99 Å². The van der Waals surface area contributed by atoms with Crippen molar-refractivity contribution >= 4 is 28.9 Å². The van der Waals surface area contributed by atoms with Gasteiger partial charge < -0.3 is 9.64 Å². The van der Waals surface area contributed by atoms with E-state index in [9.17, 15) is 4.79 Å². The molecule has 28 heavy (non-hydrogen) atoms. The predicted octanol–water partition coefficient (Wildman–Crippen LogP) is 3.37. The van der Waals surface area contributed by atoms with Crippen molar-refractivity contribution in [3.8, 4) is 11.8 Å². The van der Waals surface area contributed by atoms with Crippen LogP contribution in [-0.4, -0.2) is 60.2 Å². The van der Waals surface area contributed by atoms with Crippen molar-refractivity contribution < 1.29 is 9.53 Å². The van der Waals surface area contributed by atoms with E-state index in [4.69, 9.17) is 10.00 Å². The fraction of sp³-hybridized carbons (Fsp3) is 0.476. The van der Waals surface area contributed by atoms with Gasteiger partial charge in [-0.25, -0.2) is 0 Å². The first-order valence-corrected chi connectivity index (χ1v) is 10.6. The average molecular weight is 399 g/mol. The predicted molar refractivity (Wildman–Crippen MR) is 113 cm³/mol. The van der Waals surface area contributed by atoms with Gasteiger partial charge in [-0.05, 0) is 42.0 Å². The summed E-state index contributed by atoms with van der Waals surface area (Å²) in [7, 11) is 0. The number of thioether (sulfide) groups is 1. The lowest BCUT2D eigenvalue weighted by Crippen LogP contribution is -2.47. The molecule has 0 spiro atoms. The summed E-state index contributed by atoms with van der Waals surface area (Å²) in [6.07, 6.45) is 4.61. The van der Waals surface area contributed by atoms with E-state index in [1.165, 1.54) is 11.8 Å². The third-order valence-corrected chi connectivity index (χ3v) is 5.78. The number of unbranched alkanes of at least 4 members (excludes halogenated alkanes) is 1. The van der Waals surface area contributed by atoms with E-state index in [1.54, 1.807) is 0 Å². The van der Waals surface area contributed by atoms with Crippen LogP contribution >= 0.6 is 11.8 Å². The maximum atomic E-state index is 12.3. The number of amides is 1. The Labute approximate surface area is 170 Å². The molecular formula is C21H26N4O2S. The molecule has 1 aromatic carbocycles. The summed E-state index contributed by atoms with van der Waals surface area (Å²) in [5.74, 6) is 0.683.